The van der Waals surface area contributed by atoms with Crippen molar-refractivity contribution in [1.29, 1.82) is 0 Å². The molecule has 0 aromatic heterocycles. The molecule has 21 heavy (non-hydrogen) atoms. The Morgan fingerprint density at radius 1 is 1.14 bits per heavy atom. The van der Waals surface area contributed by atoms with E-state index < -0.39 is 0 Å². The minimum Gasteiger partial charge on any atom is -0.496 e. The first-order valence-electron chi connectivity index (χ1n) is 7.03. The van der Waals surface area contributed by atoms with Crippen molar-refractivity contribution in [2.45, 2.75) is 19.9 Å². The number of rotatable bonds is 6. The molecule has 0 radical (unpaired) electrons. The number of hydrogen-bond acceptors (Lipinski definition) is 4. The molecule has 2 aromatic carbocycles. The fourth-order valence-corrected chi connectivity index (χ4v) is 2.45. The van der Waals surface area contributed by atoms with E-state index in [9.17, 15) is 0 Å². The number of benzene rings is 2. The average molecular weight is 286 g/mol. The molecule has 1 unspecified atom stereocenters. The molecule has 0 amide bonds. The second-order valence-corrected chi connectivity index (χ2v) is 4.80. The Kier molecular flexibility index (Phi) is 5.20. The maximum absolute atomic E-state index is 5.79. The van der Waals surface area contributed by atoms with Gasteiger partial charge in [-0.05, 0) is 37.1 Å². The van der Waals surface area contributed by atoms with E-state index in [4.69, 9.17) is 15.3 Å². The van der Waals surface area contributed by atoms with Crippen LogP contribution in [0.5, 0.6) is 11.5 Å². The minimum absolute atomic E-state index is 0.127. The molecular weight excluding hydrogens is 264 g/mol. The third-order valence-electron chi connectivity index (χ3n) is 3.45. The van der Waals surface area contributed by atoms with Crippen LogP contribution < -0.4 is 20.7 Å². The zero-order valence-electron chi connectivity index (χ0n) is 12.7. The van der Waals surface area contributed by atoms with Gasteiger partial charge in [0, 0.05) is 5.56 Å². The third-order valence-corrected chi connectivity index (χ3v) is 3.45. The predicted molar refractivity (Wildman–Crippen MR) is 84.5 cm³/mol. The monoisotopic (exact) mass is 286 g/mol. The zero-order chi connectivity index (χ0) is 15.2. The molecule has 0 fully saturated rings. The Labute approximate surface area is 125 Å². The number of aryl methyl sites for hydroxylation is 1. The fraction of sp³-hybridized carbons (Fsp3) is 0.294. The Morgan fingerprint density at radius 2 is 1.90 bits per heavy atom. The van der Waals surface area contributed by atoms with Crippen molar-refractivity contribution in [2.75, 3.05) is 13.7 Å². The van der Waals surface area contributed by atoms with Crippen molar-refractivity contribution in [3.05, 3.63) is 59.2 Å². The lowest BCUT2D eigenvalue weighted by Gasteiger charge is -2.21. The van der Waals surface area contributed by atoms with Gasteiger partial charge < -0.3 is 9.47 Å². The lowest BCUT2D eigenvalue weighted by atomic mass is 9.97. The molecule has 0 aliphatic rings. The van der Waals surface area contributed by atoms with Gasteiger partial charge in [0.25, 0.3) is 0 Å². The highest BCUT2D eigenvalue weighted by molar-refractivity contribution is 5.45. The van der Waals surface area contributed by atoms with Crippen LogP contribution in [-0.2, 0) is 0 Å². The van der Waals surface area contributed by atoms with Gasteiger partial charge in [-0.1, -0.05) is 30.3 Å². The van der Waals surface area contributed by atoms with Crippen molar-refractivity contribution in [3.63, 3.8) is 0 Å². The highest BCUT2D eigenvalue weighted by Gasteiger charge is 2.17. The molecule has 0 heterocycles. The van der Waals surface area contributed by atoms with Crippen LogP contribution in [0.15, 0.2) is 42.5 Å². The first kappa shape index (κ1) is 15.4. The average Bonchev–Trinajstić information content (AvgIpc) is 2.50. The maximum atomic E-state index is 5.79. The summed E-state index contributed by atoms with van der Waals surface area (Å²) in [5.74, 6) is 7.50. The van der Waals surface area contributed by atoms with Crippen LogP contribution in [0.1, 0.15) is 29.7 Å². The lowest BCUT2D eigenvalue weighted by Crippen LogP contribution is -2.29. The topological polar surface area (TPSA) is 56.5 Å². The van der Waals surface area contributed by atoms with Crippen LogP contribution in [0.3, 0.4) is 0 Å². The Bertz CT molecular complexity index is 599. The molecule has 0 aliphatic heterocycles. The normalized spacial score (nSPS) is 12.0. The molecule has 0 saturated heterocycles. The summed E-state index contributed by atoms with van der Waals surface area (Å²) in [6.07, 6.45) is 0. The smallest absolute Gasteiger partial charge is 0.124 e. The van der Waals surface area contributed by atoms with Gasteiger partial charge in [-0.2, -0.15) is 0 Å². The second-order valence-electron chi connectivity index (χ2n) is 4.80. The zero-order valence-corrected chi connectivity index (χ0v) is 12.7. The Balaban J connectivity index is 2.42. The highest BCUT2D eigenvalue weighted by Crippen LogP contribution is 2.31. The maximum Gasteiger partial charge on any atom is 0.124 e. The van der Waals surface area contributed by atoms with Crippen molar-refractivity contribution in [3.8, 4) is 11.5 Å². The summed E-state index contributed by atoms with van der Waals surface area (Å²) in [5, 5.41) is 0. The van der Waals surface area contributed by atoms with Crippen molar-refractivity contribution in [2.24, 2.45) is 5.84 Å². The van der Waals surface area contributed by atoms with E-state index in [-0.39, 0.29) is 6.04 Å². The molecule has 4 heteroatoms. The summed E-state index contributed by atoms with van der Waals surface area (Å²) in [6, 6.07) is 13.8. The van der Waals surface area contributed by atoms with E-state index in [1.165, 1.54) is 0 Å². The fourth-order valence-electron chi connectivity index (χ4n) is 2.45. The molecule has 1 atom stereocenters. The molecule has 4 nitrogen and oxygen atoms in total. The van der Waals surface area contributed by atoms with E-state index in [0.29, 0.717) is 6.61 Å². The van der Waals surface area contributed by atoms with E-state index in [2.05, 4.69) is 11.5 Å². The van der Waals surface area contributed by atoms with Gasteiger partial charge in [0.05, 0.1) is 19.8 Å². The third kappa shape index (κ3) is 3.35. The van der Waals surface area contributed by atoms with E-state index in [1.807, 2.05) is 50.2 Å². The summed E-state index contributed by atoms with van der Waals surface area (Å²) in [4.78, 5) is 0. The van der Waals surface area contributed by atoms with Crippen LogP contribution in [0.4, 0.5) is 0 Å². The quantitative estimate of drug-likeness (QED) is 0.633. The Hall–Kier alpha value is -2.04. The van der Waals surface area contributed by atoms with Crippen LogP contribution in [0, 0.1) is 6.92 Å². The van der Waals surface area contributed by atoms with Gasteiger partial charge in [0.1, 0.15) is 11.5 Å². The number of methoxy groups -OCH3 is 1. The molecule has 0 aliphatic carbocycles. The van der Waals surface area contributed by atoms with Crippen LogP contribution in [0.25, 0.3) is 0 Å². The summed E-state index contributed by atoms with van der Waals surface area (Å²) >= 11 is 0. The summed E-state index contributed by atoms with van der Waals surface area (Å²) in [6.45, 7) is 4.61. The molecule has 2 rings (SSSR count). The van der Waals surface area contributed by atoms with Crippen molar-refractivity contribution >= 4 is 0 Å². The summed E-state index contributed by atoms with van der Waals surface area (Å²) in [5.41, 5.74) is 6.04. The van der Waals surface area contributed by atoms with Gasteiger partial charge in [-0.25, -0.2) is 5.43 Å². The van der Waals surface area contributed by atoms with E-state index in [1.54, 1.807) is 7.11 Å². The summed E-state index contributed by atoms with van der Waals surface area (Å²) < 4.78 is 11.0. The number of hydrogen-bond donors (Lipinski definition) is 2. The van der Waals surface area contributed by atoms with Gasteiger partial charge >= 0.3 is 0 Å². The largest absolute Gasteiger partial charge is 0.496 e. The van der Waals surface area contributed by atoms with Crippen LogP contribution >= 0.6 is 0 Å². The molecule has 112 valence electrons. The van der Waals surface area contributed by atoms with Gasteiger partial charge in [0.2, 0.25) is 0 Å². The Morgan fingerprint density at radius 3 is 2.52 bits per heavy atom. The van der Waals surface area contributed by atoms with Gasteiger partial charge in [0.15, 0.2) is 0 Å². The lowest BCUT2D eigenvalue weighted by molar-refractivity contribution is 0.333. The number of hydrazine groups is 1. The molecule has 3 N–H and O–H groups in total. The highest BCUT2D eigenvalue weighted by atomic mass is 16.5. The van der Waals surface area contributed by atoms with Crippen LogP contribution in [0.2, 0.25) is 0 Å². The van der Waals surface area contributed by atoms with E-state index in [0.717, 1.165) is 28.2 Å². The molecule has 0 bridgehead atoms. The van der Waals surface area contributed by atoms with Gasteiger partial charge in [-0.3, -0.25) is 5.84 Å². The van der Waals surface area contributed by atoms with E-state index >= 15 is 0 Å². The number of para-hydroxylation sites is 1. The molecule has 0 spiro atoms. The SMILES string of the molecule is CCOc1ccccc1C(NN)c1ccc(OC)c(C)c1. The minimum atomic E-state index is -0.127. The second kappa shape index (κ2) is 7.11. The van der Waals surface area contributed by atoms with Crippen molar-refractivity contribution < 1.29 is 9.47 Å². The number of ether oxygens (including phenoxy) is 2. The molecular formula is C17H22N2O2. The predicted octanol–water partition coefficient (Wildman–Crippen LogP) is 2.96. The first-order valence-corrected chi connectivity index (χ1v) is 7.03. The van der Waals surface area contributed by atoms with Gasteiger partial charge in [-0.15, -0.1) is 0 Å². The molecule has 2 aromatic rings. The molecule has 0 saturated carbocycles. The standard InChI is InChI=1S/C17H22N2O2/c1-4-21-16-8-6-5-7-14(16)17(19-18)13-9-10-15(20-3)12(2)11-13/h5-11,17,19H,4,18H2,1-3H3. The number of nitrogens with two attached hydrogens (primary N) is 1. The first-order chi connectivity index (χ1) is 10.2. The van der Waals surface area contributed by atoms with Crippen molar-refractivity contribution in [1.82, 2.24) is 5.43 Å². The van der Waals surface area contributed by atoms with Crippen LogP contribution in [-0.4, -0.2) is 13.7 Å². The number of nitrogens with one attached hydrogen (secondary N) is 1. The summed E-state index contributed by atoms with van der Waals surface area (Å²) in [7, 11) is 1.67.